The summed E-state index contributed by atoms with van der Waals surface area (Å²) >= 11 is 0. The predicted molar refractivity (Wildman–Crippen MR) is 91.1 cm³/mol. The molecule has 2 rings (SSSR count). The second-order valence-electron chi connectivity index (χ2n) is 6.23. The highest BCUT2D eigenvalue weighted by Gasteiger charge is 2.15. The molecule has 1 fully saturated rings. The van der Waals surface area contributed by atoms with E-state index in [2.05, 4.69) is 20.7 Å². The Hall–Kier alpha value is -2.05. The van der Waals surface area contributed by atoms with Crippen LogP contribution in [0.1, 0.15) is 37.8 Å². The van der Waals surface area contributed by atoms with E-state index in [0.29, 0.717) is 18.5 Å². The minimum atomic E-state index is 0.0312. The highest BCUT2D eigenvalue weighted by Crippen LogP contribution is 2.17. The van der Waals surface area contributed by atoms with Crippen LogP contribution in [0.2, 0.25) is 0 Å². The van der Waals surface area contributed by atoms with E-state index in [1.165, 1.54) is 19.3 Å². The van der Waals surface area contributed by atoms with Crippen LogP contribution in [0.3, 0.4) is 0 Å². The molecule has 1 saturated carbocycles. The molecule has 0 aliphatic heterocycles. The molecule has 128 valence electrons. The number of rotatable bonds is 5. The molecule has 0 spiro atoms. The SMILES string of the molecule is CN(C)C(=O)CNC(=NCc1ccnn1C)NC1CCCCC1. The largest absolute Gasteiger partial charge is 0.354 e. The van der Waals surface area contributed by atoms with Crippen molar-refractivity contribution in [2.75, 3.05) is 20.6 Å². The number of hydrogen-bond acceptors (Lipinski definition) is 3. The quantitative estimate of drug-likeness (QED) is 0.624. The number of carbonyl (C=O) groups excluding carboxylic acids is 1. The summed E-state index contributed by atoms with van der Waals surface area (Å²) in [4.78, 5) is 18.0. The predicted octanol–water partition coefficient (Wildman–Crippen LogP) is 0.876. The van der Waals surface area contributed by atoms with Gasteiger partial charge >= 0.3 is 0 Å². The average molecular weight is 320 g/mol. The average Bonchev–Trinajstić information content (AvgIpc) is 2.95. The molecule has 1 aliphatic carbocycles. The third-order valence-electron chi connectivity index (χ3n) is 4.17. The van der Waals surface area contributed by atoms with Crippen LogP contribution in [0.4, 0.5) is 0 Å². The van der Waals surface area contributed by atoms with Crippen molar-refractivity contribution in [2.45, 2.75) is 44.7 Å². The number of guanidine groups is 1. The molecule has 1 aromatic heterocycles. The van der Waals surface area contributed by atoms with E-state index in [-0.39, 0.29) is 12.5 Å². The minimum absolute atomic E-state index is 0.0312. The molecule has 7 nitrogen and oxygen atoms in total. The smallest absolute Gasteiger partial charge is 0.241 e. The van der Waals surface area contributed by atoms with Crippen LogP contribution in [0.5, 0.6) is 0 Å². The van der Waals surface area contributed by atoms with Crippen LogP contribution in [-0.4, -0.2) is 53.2 Å². The van der Waals surface area contributed by atoms with Crippen LogP contribution >= 0.6 is 0 Å². The first-order valence-corrected chi connectivity index (χ1v) is 8.28. The highest BCUT2D eigenvalue weighted by atomic mass is 16.2. The molecular weight excluding hydrogens is 292 g/mol. The van der Waals surface area contributed by atoms with E-state index < -0.39 is 0 Å². The number of nitrogens with zero attached hydrogens (tertiary/aromatic N) is 4. The van der Waals surface area contributed by atoms with Crippen molar-refractivity contribution in [3.63, 3.8) is 0 Å². The summed E-state index contributed by atoms with van der Waals surface area (Å²) in [5.41, 5.74) is 1.04. The van der Waals surface area contributed by atoms with Gasteiger partial charge in [0.15, 0.2) is 5.96 Å². The number of carbonyl (C=O) groups is 1. The number of amides is 1. The van der Waals surface area contributed by atoms with Crippen LogP contribution in [-0.2, 0) is 18.4 Å². The number of hydrogen-bond donors (Lipinski definition) is 2. The lowest BCUT2D eigenvalue weighted by molar-refractivity contribution is -0.127. The van der Waals surface area contributed by atoms with E-state index in [0.717, 1.165) is 18.5 Å². The fraction of sp³-hybridized carbons (Fsp3) is 0.688. The van der Waals surface area contributed by atoms with Crippen molar-refractivity contribution in [1.29, 1.82) is 0 Å². The first-order chi connectivity index (χ1) is 11.1. The lowest BCUT2D eigenvalue weighted by Crippen LogP contribution is -2.47. The van der Waals surface area contributed by atoms with E-state index in [4.69, 9.17) is 0 Å². The molecule has 1 aromatic rings. The monoisotopic (exact) mass is 320 g/mol. The molecular formula is C16H28N6O. The Morgan fingerprint density at radius 3 is 2.74 bits per heavy atom. The zero-order chi connectivity index (χ0) is 16.7. The molecule has 0 aromatic carbocycles. The lowest BCUT2D eigenvalue weighted by Gasteiger charge is -2.25. The van der Waals surface area contributed by atoms with Gasteiger partial charge in [-0.1, -0.05) is 19.3 Å². The van der Waals surface area contributed by atoms with Gasteiger partial charge < -0.3 is 15.5 Å². The summed E-state index contributed by atoms with van der Waals surface area (Å²) in [5, 5.41) is 10.8. The fourth-order valence-electron chi connectivity index (χ4n) is 2.63. The van der Waals surface area contributed by atoms with Gasteiger partial charge in [-0.2, -0.15) is 5.10 Å². The molecule has 1 heterocycles. The Kier molecular flexibility index (Phi) is 6.43. The zero-order valence-corrected chi connectivity index (χ0v) is 14.4. The molecule has 2 N–H and O–H groups in total. The summed E-state index contributed by atoms with van der Waals surface area (Å²) in [6.07, 6.45) is 7.91. The first-order valence-electron chi connectivity index (χ1n) is 8.28. The first kappa shape index (κ1) is 17.3. The Morgan fingerprint density at radius 2 is 2.13 bits per heavy atom. The van der Waals surface area contributed by atoms with Gasteiger partial charge in [0.2, 0.25) is 5.91 Å². The van der Waals surface area contributed by atoms with E-state index >= 15 is 0 Å². The lowest BCUT2D eigenvalue weighted by atomic mass is 9.96. The van der Waals surface area contributed by atoms with Crippen molar-refractivity contribution >= 4 is 11.9 Å². The summed E-state index contributed by atoms with van der Waals surface area (Å²) in [6.45, 7) is 0.783. The van der Waals surface area contributed by atoms with Crippen LogP contribution in [0.15, 0.2) is 17.3 Å². The van der Waals surface area contributed by atoms with Crippen molar-refractivity contribution < 1.29 is 4.79 Å². The number of nitrogens with one attached hydrogen (secondary N) is 2. The zero-order valence-electron chi connectivity index (χ0n) is 14.4. The molecule has 1 aliphatic rings. The second-order valence-corrected chi connectivity index (χ2v) is 6.23. The van der Waals surface area contributed by atoms with Gasteiger partial charge in [-0.05, 0) is 18.9 Å². The summed E-state index contributed by atoms with van der Waals surface area (Å²) in [7, 11) is 5.41. The molecule has 0 radical (unpaired) electrons. The molecule has 7 heteroatoms. The van der Waals surface area contributed by atoms with Crippen molar-refractivity contribution in [3.05, 3.63) is 18.0 Å². The van der Waals surface area contributed by atoms with Crippen molar-refractivity contribution in [3.8, 4) is 0 Å². The van der Waals surface area contributed by atoms with Gasteiger partial charge in [0.1, 0.15) is 0 Å². The van der Waals surface area contributed by atoms with E-state index in [1.807, 2.05) is 17.8 Å². The van der Waals surface area contributed by atoms with Crippen LogP contribution in [0.25, 0.3) is 0 Å². The van der Waals surface area contributed by atoms with E-state index in [9.17, 15) is 4.79 Å². The highest BCUT2D eigenvalue weighted by molar-refractivity contribution is 5.86. The fourth-order valence-corrected chi connectivity index (χ4v) is 2.63. The maximum atomic E-state index is 11.8. The standard InChI is InChI=1S/C16H28N6O/c1-21(2)15(23)12-18-16(20-13-7-5-4-6-8-13)17-11-14-9-10-19-22(14)3/h9-10,13H,4-8,11-12H2,1-3H3,(H2,17,18,20). The van der Waals surface area contributed by atoms with Crippen LogP contribution in [0, 0.1) is 0 Å². The second kappa shape index (κ2) is 8.55. The number of aliphatic imine (C=N–C) groups is 1. The van der Waals surface area contributed by atoms with Gasteiger partial charge in [-0.15, -0.1) is 0 Å². The normalized spacial score (nSPS) is 16.2. The molecule has 0 bridgehead atoms. The minimum Gasteiger partial charge on any atom is -0.354 e. The van der Waals surface area contributed by atoms with Crippen LogP contribution < -0.4 is 10.6 Å². The maximum Gasteiger partial charge on any atom is 0.241 e. The maximum absolute atomic E-state index is 11.8. The topological polar surface area (TPSA) is 74.5 Å². The van der Waals surface area contributed by atoms with Crippen molar-refractivity contribution in [1.82, 2.24) is 25.3 Å². The van der Waals surface area contributed by atoms with Gasteiger partial charge in [0.25, 0.3) is 0 Å². The van der Waals surface area contributed by atoms with E-state index in [1.54, 1.807) is 25.2 Å². The summed E-state index contributed by atoms with van der Waals surface area (Å²) < 4.78 is 1.81. The summed E-state index contributed by atoms with van der Waals surface area (Å²) in [5.74, 6) is 0.733. The van der Waals surface area contributed by atoms with Crippen molar-refractivity contribution in [2.24, 2.45) is 12.0 Å². The number of aryl methyl sites for hydroxylation is 1. The van der Waals surface area contributed by atoms with Gasteiger partial charge in [-0.25, -0.2) is 4.99 Å². The Morgan fingerprint density at radius 1 is 1.39 bits per heavy atom. The third-order valence-corrected chi connectivity index (χ3v) is 4.17. The third kappa shape index (κ3) is 5.58. The molecule has 23 heavy (non-hydrogen) atoms. The summed E-state index contributed by atoms with van der Waals surface area (Å²) in [6, 6.07) is 2.39. The molecule has 0 atom stereocenters. The Labute approximate surface area is 138 Å². The van der Waals surface area contributed by atoms with Gasteiger partial charge in [0.05, 0.1) is 18.8 Å². The molecule has 0 saturated heterocycles. The Balaban J connectivity index is 1.97. The molecule has 0 unspecified atom stereocenters. The van der Waals surface area contributed by atoms with Gasteiger partial charge in [0, 0.05) is 33.4 Å². The van der Waals surface area contributed by atoms with Gasteiger partial charge in [-0.3, -0.25) is 9.48 Å². The Bertz CT molecular complexity index is 530. The molecule has 1 amide bonds. The number of aromatic nitrogens is 2. The number of likely N-dealkylation sites (N-methyl/N-ethyl adjacent to an activating group) is 1.